The fourth-order valence-corrected chi connectivity index (χ4v) is 1.75. The van der Waals surface area contributed by atoms with Crippen LogP contribution in [-0.4, -0.2) is 59.5 Å². The van der Waals surface area contributed by atoms with Gasteiger partial charge in [-0.1, -0.05) is 0 Å². The maximum atomic E-state index is 5.69. The fraction of sp³-hybridized carbons (Fsp3) is 0.600. The molecule has 0 radical (unpaired) electrons. The molecule has 1 rings (SSSR count). The van der Waals surface area contributed by atoms with Crippen LogP contribution >= 0.6 is 0 Å². The molecule has 0 bridgehead atoms. The van der Waals surface area contributed by atoms with Crippen molar-refractivity contribution < 1.29 is 14.2 Å². The summed E-state index contributed by atoms with van der Waals surface area (Å²) in [4.78, 5) is 2.18. The van der Waals surface area contributed by atoms with Gasteiger partial charge in [0.25, 0.3) is 0 Å². The van der Waals surface area contributed by atoms with Crippen molar-refractivity contribution >= 4 is 0 Å². The van der Waals surface area contributed by atoms with Crippen LogP contribution in [0.3, 0.4) is 0 Å². The van der Waals surface area contributed by atoms with E-state index < -0.39 is 0 Å². The Morgan fingerprint density at radius 1 is 0.950 bits per heavy atom. The summed E-state index contributed by atoms with van der Waals surface area (Å²) in [5, 5.41) is 3.35. The Labute approximate surface area is 121 Å². The summed E-state index contributed by atoms with van der Waals surface area (Å²) in [5.74, 6) is 2.23. The van der Waals surface area contributed by atoms with E-state index in [0.717, 1.165) is 43.3 Å². The van der Waals surface area contributed by atoms with E-state index >= 15 is 0 Å². The zero-order chi connectivity index (χ0) is 14.8. The summed E-state index contributed by atoms with van der Waals surface area (Å²) in [7, 11) is 7.42. The maximum absolute atomic E-state index is 5.69. The van der Waals surface area contributed by atoms with Crippen molar-refractivity contribution in [2.45, 2.75) is 6.42 Å². The lowest BCUT2D eigenvalue weighted by Gasteiger charge is -2.12. The Hall–Kier alpha value is -1.46. The Kier molecular flexibility index (Phi) is 7.84. The first-order chi connectivity index (χ1) is 9.65. The van der Waals surface area contributed by atoms with Crippen molar-refractivity contribution in [1.82, 2.24) is 10.2 Å². The van der Waals surface area contributed by atoms with Gasteiger partial charge in [0.05, 0.1) is 14.2 Å². The number of ether oxygens (including phenoxy) is 3. The molecule has 5 heteroatoms. The normalized spacial score (nSPS) is 10.7. The summed E-state index contributed by atoms with van der Waals surface area (Å²) in [6.07, 6.45) is 1.14. The Morgan fingerprint density at radius 2 is 1.55 bits per heavy atom. The average molecular weight is 282 g/mol. The molecule has 1 N–H and O–H groups in total. The topological polar surface area (TPSA) is 43.0 Å². The van der Waals surface area contributed by atoms with Gasteiger partial charge in [0.15, 0.2) is 0 Å². The van der Waals surface area contributed by atoms with Crippen molar-refractivity contribution in [2.75, 3.05) is 54.6 Å². The lowest BCUT2D eigenvalue weighted by molar-refractivity contribution is 0.306. The number of hydrogen-bond acceptors (Lipinski definition) is 5. The molecule has 0 saturated heterocycles. The van der Waals surface area contributed by atoms with Gasteiger partial charge in [-0.05, 0) is 33.6 Å². The van der Waals surface area contributed by atoms with E-state index in [-0.39, 0.29) is 0 Å². The predicted molar refractivity (Wildman–Crippen MR) is 81.1 cm³/mol. The molecule has 0 atom stereocenters. The largest absolute Gasteiger partial charge is 0.496 e. The van der Waals surface area contributed by atoms with Gasteiger partial charge in [-0.15, -0.1) is 0 Å². The van der Waals surface area contributed by atoms with Crippen molar-refractivity contribution in [1.29, 1.82) is 0 Å². The average Bonchev–Trinajstić information content (AvgIpc) is 2.45. The second-order valence-corrected chi connectivity index (χ2v) is 4.80. The number of methoxy groups -OCH3 is 2. The van der Waals surface area contributed by atoms with Gasteiger partial charge in [0.2, 0.25) is 0 Å². The van der Waals surface area contributed by atoms with Crippen LogP contribution in [0.1, 0.15) is 6.42 Å². The molecule has 0 aliphatic carbocycles. The minimum atomic E-state index is 0.623. The fourth-order valence-electron chi connectivity index (χ4n) is 1.75. The number of nitrogens with one attached hydrogen (secondary N) is 1. The van der Waals surface area contributed by atoms with Crippen molar-refractivity contribution in [3.63, 3.8) is 0 Å². The first-order valence-electron chi connectivity index (χ1n) is 6.87. The van der Waals surface area contributed by atoms with Gasteiger partial charge in [-0.3, -0.25) is 0 Å². The second kappa shape index (κ2) is 9.44. The van der Waals surface area contributed by atoms with Crippen LogP contribution in [0, 0.1) is 0 Å². The van der Waals surface area contributed by atoms with Crippen molar-refractivity contribution in [3.05, 3.63) is 18.2 Å². The van der Waals surface area contributed by atoms with Gasteiger partial charge >= 0.3 is 0 Å². The molecule has 0 saturated carbocycles. The smallest absolute Gasteiger partial charge is 0.126 e. The molecule has 114 valence electrons. The van der Waals surface area contributed by atoms with E-state index in [1.165, 1.54) is 0 Å². The molecule has 0 heterocycles. The lowest BCUT2D eigenvalue weighted by Crippen LogP contribution is -2.25. The molecular weight excluding hydrogens is 256 g/mol. The molecule has 0 aliphatic rings. The summed E-state index contributed by atoms with van der Waals surface area (Å²) in [6.45, 7) is 3.55. The number of rotatable bonds is 10. The van der Waals surface area contributed by atoms with Crippen LogP contribution in [0.5, 0.6) is 17.2 Å². The first-order valence-corrected chi connectivity index (χ1v) is 6.87. The highest BCUT2D eigenvalue weighted by Crippen LogP contribution is 2.27. The van der Waals surface area contributed by atoms with Gasteiger partial charge in [-0.2, -0.15) is 0 Å². The molecular formula is C15H26N2O3. The molecule has 0 unspecified atom stereocenters. The third kappa shape index (κ3) is 6.63. The SMILES string of the molecule is COc1cc(OC)cc(OCCNCCCN(C)C)c1. The van der Waals surface area contributed by atoms with Crippen LogP contribution < -0.4 is 19.5 Å². The number of nitrogens with zero attached hydrogens (tertiary/aromatic N) is 1. The highest BCUT2D eigenvalue weighted by Gasteiger charge is 2.02. The lowest BCUT2D eigenvalue weighted by atomic mass is 10.3. The zero-order valence-electron chi connectivity index (χ0n) is 12.9. The van der Waals surface area contributed by atoms with Gasteiger partial charge in [0, 0.05) is 24.7 Å². The molecule has 0 amide bonds. The Bertz CT molecular complexity index is 361. The minimum Gasteiger partial charge on any atom is -0.496 e. The number of hydrogen-bond donors (Lipinski definition) is 1. The summed E-state index contributed by atoms with van der Waals surface area (Å²) < 4.78 is 16.1. The molecule has 1 aromatic carbocycles. The minimum absolute atomic E-state index is 0.623. The van der Waals surface area contributed by atoms with E-state index in [2.05, 4.69) is 24.3 Å². The Balaban J connectivity index is 2.24. The summed E-state index contributed by atoms with van der Waals surface area (Å²) >= 11 is 0. The van der Waals surface area contributed by atoms with Crippen LogP contribution in [0.4, 0.5) is 0 Å². The monoisotopic (exact) mass is 282 g/mol. The predicted octanol–water partition coefficient (Wildman–Crippen LogP) is 1.62. The number of benzene rings is 1. The quantitative estimate of drug-likeness (QED) is 0.661. The van der Waals surface area contributed by atoms with Gasteiger partial charge in [0.1, 0.15) is 23.9 Å². The highest BCUT2D eigenvalue weighted by molar-refractivity contribution is 5.41. The van der Waals surface area contributed by atoms with E-state index in [4.69, 9.17) is 14.2 Å². The molecule has 0 spiro atoms. The maximum Gasteiger partial charge on any atom is 0.126 e. The van der Waals surface area contributed by atoms with Gasteiger partial charge < -0.3 is 24.4 Å². The molecule has 0 aliphatic heterocycles. The second-order valence-electron chi connectivity index (χ2n) is 4.80. The van der Waals surface area contributed by atoms with Crippen molar-refractivity contribution in [2.24, 2.45) is 0 Å². The summed E-state index contributed by atoms with van der Waals surface area (Å²) in [6, 6.07) is 5.54. The van der Waals surface area contributed by atoms with Crippen LogP contribution in [0.25, 0.3) is 0 Å². The molecule has 0 aromatic heterocycles. The molecule has 20 heavy (non-hydrogen) atoms. The standard InChI is InChI=1S/C15H26N2O3/c1-17(2)8-5-6-16-7-9-20-15-11-13(18-3)10-14(12-15)19-4/h10-12,16H,5-9H2,1-4H3. The third-order valence-corrected chi connectivity index (χ3v) is 2.83. The Morgan fingerprint density at radius 3 is 2.10 bits per heavy atom. The highest BCUT2D eigenvalue weighted by atomic mass is 16.5. The van der Waals surface area contributed by atoms with Crippen LogP contribution in [-0.2, 0) is 0 Å². The van der Waals surface area contributed by atoms with E-state index in [0.29, 0.717) is 6.61 Å². The first kappa shape index (κ1) is 16.6. The van der Waals surface area contributed by atoms with Gasteiger partial charge in [-0.25, -0.2) is 0 Å². The van der Waals surface area contributed by atoms with E-state index in [1.807, 2.05) is 18.2 Å². The third-order valence-electron chi connectivity index (χ3n) is 2.83. The van der Waals surface area contributed by atoms with Crippen LogP contribution in [0.15, 0.2) is 18.2 Å². The molecule has 1 aromatic rings. The van der Waals surface area contributed by atoms with Crippen LogP contribution in [0.2, 0.25) is 0 Å². The molecule has 5 nitrogen and oxygen atoms in total. The zero-order valence-corrected chi connectivity index (χ0v) is 12.9. The molecule has 0 fully saturated rings. The van der Waals surface area contributed by atoms with Crippen molar-refractivity contribution in [3.8, 4) is 17.2 Å². The summed E-state index contributed by atoms with van der Waals surface area (Å²) in [5.41, 5.74) is 0. The van der Waals surface area contributed by atoms with E-state index in [9.17, 15) is 0 Å². The van der Waals surface area contributed by atoms with E-state index in [1.54, 1.807) is 14.2 Å².